The van der Waals surface area contributed by atoms with Crippen LogP contribution in [0.3, 0.4) is 0 Å². The summed E-state index contributed by atoms with van der Waals surface area (Å²) in [6, 6.07) is -3.84. The van der Waals surface area contributed by atoms with E-state index in [1.54, 1.807) is 0 Å². The maximum absolute atomic E-state index is 12.2. The lowest BCUT2D eigenvalue weighted by atomic mass is 10.0. The molecule has 3 aliphatic rings. The maximum atomic E-state index is 12.2. The predicted molar refractivity (Wildman–Crippen MR) is 67.7 cm³/mol. The molecule has 0 saturated carbocycles. The molecule has 11 nitrogen and oxygen atoms in total. The fraction of sp³-hybridized carbons (Fsp3) is 0.700. The van der Waals surface area contributed by atoms with E-state index in [-0.39, 0.29) is 24.4 Å². The van der Waals surface area contributed by atoms with Gasteiger partial charge in [-0.1, -0.05) is 0 Å². The van der Waals surface area contributed by atoms with Crippen LogP contribution in [0.1, 0.15) is 12.8 Å². The zero-order chi connectivity index (χ0) is 16.2. The number of rotatable bonds is 2. The Labute approximate surface area is 125 Å². The number of nitrogens with one attached hydrogen (secondary N) is 1. The highest BCUT2D eigenvalue weighted by atomic mass is 32.2. The van der Waals surface area contributed by atoms with Crippen LogP contribution >= 0.6 is 0 Å². The highest BCUT2D eigenvalue weighted by molar-refractivity contribution is 7.84. The Morgan fingerprint density at radius 1 is 1.32 bits per heavy atom. The van der Waals surface area contributed by atoms with Gasteiger partial charge in [-0.15, -0.1) is 0 Å². The van der Waals surface area contributed by atoms with Gasteiger partial charge in [0.2, 0.25) is 5.91 Å². The standard InChI is InChI=1S/C10H14N4O7S/c15-8-6(1-3-11-8)13(18)10(17)12-4-2-5-7(12)9(16)14(5)22(19,20)21/h5-7,18H,1-4H2,(H,11,15)(H,19,20,21)/t5-,6?,7+/m1/s1. The Morgan fingerprint density at radius 2 is 2.00 bits per heavy atom. The van der Waals surface area contributed by atoms with Gasteiger partial charge < -0.3 is 10.2 Å². The quantitative estimate of drug-likeness (QED) is 0.224. The first-order chi connectivity index (χ1) is 10.2. The Bertz CT molecular complexity index is 650. The van der Waals surface area contributed by atoms with Gasteiger partial charge in [-0.25, -0.2) is 9.10 Å². The molecule has 3 N–H and O–H groups in total. The van der Waals surface area contributed by atoms with Crippen LogP contribution in [0.5, 0.6) is 0 Å². The van der Waals surface area contributed by atoms with E-state index >= 15 is 0 Å². The first-order valence-electron chi connectivity index (χ1n) is 6.60. The van der Waals surface area contributed by atoms with Gasteiger partial charge in [0.05, 0.1) is 6.04 Å². The number of carbonyl (C=O) groups is 3. The number of hydroxylamine groups is 2. The van der Waals surface area contributed by atoms with Gasteiger partial charge >= 0.3 is 16.3 Å². The molecule has 3 atom stereocenters. The van der Waals surface area contributed by atoms with Crippen molar-refractivity contribution in [3.63, 3.8) is 0 Å². The lowest BCUT2D eigenvalue weighted by molar-refractivity contribution is -0.147. The summed E-state index contributed by atoms with van der Waals surface area (Å²) in [7, 11) is -4.66. The second-order valence-corrected chi connectivity index (χ2v) is 6.62. The third-order valence-corrected chi connectivity index (χ3v) is 5.09. The van der Waals surface area contributed by atoms with Crippen LogP contribution in [0.15, 0.2) is 0 Å². The van der Waals surface area contributed by atoms with Gasteiger partial charge in [0.1, 0.15) is 12.1 Å². The number of hydrogen-bond donors (Lipinski definition) is 3. The van der Waals surface area contributed by atoms with Crippen molar-refractivity contribution in [3.05, 3.63) is 0 Å². The van der Waals surface area contributed by atoms with Crippen LogP contribution in [0, 0.1) is 0 Å². The minimum atomic E-state index is -4.66. The van der Waals surface area contributed by atoms with Gasteiger partial charge in [-0.2, -0.15) is 13.5 Å². The summed E-state index contributed by atoms with van der Waals surface area (Å²) >= 11 is 0. The lowest BCUT2D eigenvalue weighted by Crippen LogP contribution is -2.69. The first kappa shape index (κ1) is 15.0. The van der Waals surface area contributed by atoms with Gasteiger partial charge in [0.25, 0.3) is 5.91 Å². The number of carbonyl (C=O) groups excluding carboxylic acids is 3. The molecule has 0 aromatic carbocycles. The summed E-state index contributed by atoms with van der Waals surface area (Å²) in [5, 5.41) is 12.6. The van der Waals surface area contributed by atoms with Crippen LogP contribution in [0.2, 0.25) is 0 Å². The van der Waals surface area contributed by atoms with Crippen LogP contribution in [0.4, 0.5) is 4.79 Å². The maximum Gasteiger partial charge on any atom is 0.362 e. The largest absolute Gasteiger partial charge is 0.362 e. The van der Waals surface area contributed by atoms with Crippen molar-refractivity contribution >= 4 is 28.1 Å². The van der Waals surface area contributed by atoms with E-state index in [0.717, 1.165) is 4.90 Å². The summed E-state index contributed by atoms with van der Waals surface area (Å²) in [5.41, 5.74) is 0. The number of hydrogen-bond acceptors (Lipinski definition) is 6. The molecule has 4 amide bonds. The lowest BCUT2D eigenvalue weighted by Gasteiger charge is -2.43. The molecule has 0 aromatic heterocycles. The fourth-order valence-electron chi connectivity index (χ4n) is 3.11. The van der Waals surface area contributed by atoms with Gasteiger partial charge in [0.15, 0.2) is 0 Å². The molecule has 0 aromatic rings. The molecular weight excluding hydrogens is 320 g/mol. The Morgan fingerprint density at radius 3 is 2.55 bits per heavy atom. The van der Waals surface area contributed by atoms with Crippen molar-refractivity contribution < 1.29 is 32.6 Å². The summed E-state index contributed by atoms with van der Waals surface area (Å²) in [5.74, 6) is -1.42. The molecule has 22 heavy (non-hydrogen) atoms. The molecule has 3 aliphatic heterocycles. The smallest absolute Gasteiger partial charge is 0.354 e. The molecule has 3 saturated heterocycles. The van der Waals surface area contributed by atoms with E-state index in [2.05, 4.69) is 5.32 Å². The molecule has 0 spiro atoms. The van der Waals surface area contributed by atoms with Gasteiger partial charge in [-0.05, 0) is 12.8 Å². The Kier molecular flexibility index (Phi) is 3.27. The molecule has 0 bridgehead atoms. The molecule has 3 fully saturated rings. The minimum absolute atomic E-state index is 0.0390. The molecule has 3 heterocycles. The highest BCUT2D eigenvalue weighted by Gasteiger charge is 2.60. The summed E-state index contributed by atoms with van der Waals surface area (Å²) in [6.45, 7) is 0.368. The number of fused-ring (bicyclic) bond motifs is 1. The highest BCUT2D eigenvalue weighted by Crippen LogP contribution is 2.36. The van der Waals surface area contributed by atoms with Crippen LogP contribution in [-0.4, -0.2) is 81.5 Å². The zero-order valence-corrected chi connectivity index (χ0v) is 12.1. The number of urea groups is 1. The minimum Gasteiger partial charge on any atom is -0.354 e. The summed E-state index contributed by atoms with van der Waals surface area (Å²) < 4.78 is 31.4. The molecular formula is C10H14N4O7S. The molecule has 3 rings (SSSR count). The zero-order valence-electron chi connectivity index (χ0n) is 11.2. The van der Waals surface area contributed by atoms with Crippen LogP contribution in [0.25, 0.3) is 0 Å². The monoisotopic (exact) mass is 334 g/mol. The van der Waals surface area contributed by atoms with E-state index in [1.165, 1.54) is 0 Å². The molecule has 0 radical (unpaired) electrons. The van der Waals surface area contributed by atoms with Crippen molar-refractivity contribution in [3.8, 4) is 0 Å². The van der Waals surface area contributed by atoms with Crippen molar-refractivity contribution in [2.75, 3.05) is 13.1 Å². The topological polar surface area (TPSA) is 148 Å². The number of likely N-dealkylation sites (tertiary alicyclic amines) is 1. The number of amides is 4. The molecule has 1 unspecified atom stereocenters. The van der Waals surface area contributed by atoms with Crippen LogP contribution in [-0.2, 0) is 19.9 Å². The second kappa shape index (κ2) is 4.79. The van der Waals surface area contributed by atoms with Gasteiger partial charge in [-0.3, -0.25) is 19.3 Å². The normalized spacial score (nSPS) is 30.9. The average Bonchev–Trinajstić information content (AvgIpc) is 2.99. The fourth-order valence-corrected chi connectivity index (χ4v) is 4.01. The number of β-lactam (4-membered cyclic amide) rings is 1. The van der Waals surface area contributed by atoms with E-state index < -0.39 is 46.3 Å². The third kappa shape index (κ3) is 2.02. The van der Waals surface area contributed by atoms with E-state index in [9.17, 15) is 28.0 Å². The summed E-state index contributed by atoms with van der Waals surface area (Å²) in [6.07, 6.45) is 0.404. The molecule has 12 heteroatoms. The first-order valence-corrected chi connectivity index (χ1v) is 8.00. The van der Waals surface area contributed by atoms with Crippen molar-refractivity contribution in [2.24, 2.45) is 0 Å². The second-order valence-electron chi connectivity index (χ2n) is 5.33. The summed E-state index contributed by atoms with van der Waals surface area (Å²) in [4.78, 5) is 36.5. The predicted octanol–water partition coefficient (Wildman–Crippen LogP) is -2.23. The van der Waals surface area contributed by atoms with E-state index in [4.69, 9.17) is 4.55 Å². The molecule has 0 aliphatic carbocycles. The third-order valence-electron chi connectivity index (χ3n) is 4.14. The Balaban J connectivity index is 1.74. The van der Waals surface area contributed by atoms with Gasteiger partial charge in [0, 0.05) is 13.1 Å². The number of nitrogens with zero attached hydrogens (tertiary/aromatic N) is 3. The van der Waals surface area contributed by atoms with E-state index in [0.29, 0.717) is 10.8 Å². The van der Waals surface area contributed by atoms with Crippen LogP contribution < -0.4 is 5.32 Å². The van der Waals surface area contributed by atoms with Crippen molar-refractivity contribution in [1.82, 2.24) is 19.6 Å². The van der Waals surface area contributed by atoms with E-state index in [1.807, 2.05) is 0 Å². The molecule has 122 valence electrons. The average molecular weight is 334 g/mol. The Hall–Kier alpha value is -1.92. The SMILES string of the molecule is O=C1NCCC1N(O)C(=O)N1CC[C@@H]2[C@H]1C(=O)N2S(=O)(=O)O. The van der Waals surface area contributed by atoms with Crippen molar-refractivity contribution in [2.45, 2.75) is 31.0 Å². The van der Waals surface area contributed by atoms with Crippen molar-refractivity contribution in [1.29, 1.82) is 0 Å².